The van der Waals surface area contributed by atoms with Gasteiger partial charge < -0.3 is 0 Å². The summed E-state index contributed by atoms with van der Waals surface area (Å²) < 4.78 is 0. The Bertz CT molecular complexity index is 551. The number of benzene rings is 2. The molecule has 2 aromatic rings. The average Bonchev–Trinajstić information content (AvgIpc) is 2.58. The molecule has 0 saturated heterocycles. The molecule has 0 radical (unpaired) electrons. The molecule has 0 atom stereocenters. The van der Waals surface area contributed by atoms with E-state index in [0.717, 1.165) is 12.8 Å². The van der Waals surface area contributed by atoms with Crippen molar-refractivity contribution in [3.8, 4) is 0 Å². The van der Waals surface area contributed by atoms with Crippen molar-refractivity contribution in [2.45, 2.75) is 38.5 Å². The molecule has 0 heterocycles. The van der Waals surface area contributed by atoms with Gasteiger partial charge >= 0.3 is 0 Å². The quantitative estimate of drug-likeness (QED) is 0.474. The van der Waals surface area contributed by atoms with Crippen LogP contribution in [0, 0.1) is 0 Å². The van der Waals surface area contributed by atoms with Crippen LogP contribution in [0.5, 0.6) is 0 Å². The summed E-state index contributed by atoms with van der Waals surface area (Å²) in [7, 11) is 0. The molecule has 0 bridgehead atoms. The van der Waals surface area contributed by atoms with Crippen molar-refractivity contribution in [3.05, 3.63) is 83.9 Å². The molecule has 0 saturated carbocycles. The largest absolute Gasteiger partial charge is 0.0985 e. The number of unbranched alkanes of at least 4 members (excludes halogenated alkanes) is 3. The first-order chi connectivity index (χ1) is 10.8. The van der Waals surface area contributed by atoms with Crippen LogP contribution in [0.1, 0.15) is 47.9 Å². The van der Waals surface area contributed by atoms with E-state index in [1.54, 1.807) is 0 Å². The lowest BCUT2D eigenvalue weighted by Crippen LogP contribution is -1.92. The molecule has 0 amide bonds. The molecule has 2 rings (SSSR count). The van der Waals surface area contributed by atoms with Crippen LogP contribution in [0.4, 0.5) is 0 Å². The third-order valence-corrected chi connectivity index (χ3v) is 4.19. The minimum Gasteiger partial charge on any atom is -0.0985 e. The van der Waals surface area contributed by atoms with Gasteiger partial charge in [0, 0.05) is 0 Å². The maximum absolute atomic E-state index is 3.89. The minimum atomic E-state index is 1.16. The first-order valence-corrected chi connectivity index (χ1v) is 8.26. The number of hydrogen-bond donors (Lipinski definition) is 0. The Morgan fingerprint density at radius 2 is 1.00 bits per heavy atom. The molecule has 22 heavy (non-hydrogen) atoms. The third-order valence-electron chi connectivity index (χ3n) is 4.19. The topological polar surface area (TPSA) is 0 Å². The van der Waals surface area contributed by atoms with Crippen LogP contribution in [0.3, 0.4) is 0 Å². The molecule has 0 N–H and O–H groups in total. The highest BCUT2D eigenvalue weighted by Crippen LogP contribution is 2.16. The molecule has 2 aromatic carbocycles. The Labute approximate surface area is 135 Å². The van der Waals surface area contributed by atoms with E-state index in [2.05, 4.69) is 61.7 Å². The van der Waals surface area contributed by atoms with Crippen molar-refractivity contribution < 1.29 is 0 Å². The van der Waals surface area contributed by atoms with Gasteiger partial charge in [0.1, 0.15) is 0 Å². The summed E-state index contributed by atoms with van der Waals surface area (Å²) in [6, 6.07) is 17.1. The lowest BCUT2D eigenvalue weighted by Gasteiger charge is -2.07. The van der Waals surface area contributed by atoms with Gasteiger partial charge in [-0.3, -0.25) is 0 Å². The van der Waals surface area contributed by atoms with Gasteiger partial charge in [0.15, 0.2) is 0 Å². The molecule has 0 heteroatoms. The van der Waals surface area contributed by atoms with Gasteiger partial charge in [-0.05, 0) is 47.9 Å². The van der Waals surface area contributed by atoms with E-state index in [0.29, 0.717) is 0 Å². The number of hydrogen-bond acceptors (Lipinski definition) is 0. The van der Waals surface area contributed by atoms with Crippen molar-refractivity contribution in [3.63, 3.8) is 0 Å². The molecule has 0 fully saturated rings. The fourth-order valence-electron chi connectivity index (χ4n) is 2.91. The molecule has 0 spiro atoms. The van der Waals surface area contributed by atoms with E-state index < -0.39 is 0 Å². The highest BCUT2D eigenvalue weighted by molar-refractivity contribution is 5.52. The van der Waals surface area contributed by atoms with Gasteiger partial charge in [-0.15, -0.1) is 0 Å². The standard InChI is InChI=1S/C22H26/c1-3-19-13-9-11-17-21(19)15-7-5-6-8-16-22-18-12-10-14-20(22)4-2/h3-4,9-14,17-18H,1-2,5-8,15-16H2. The molecule has 0 aliphatic rings. The van der Waals surface area contributed by atoms with Crippen LogP contribution >= 0.6 is 0 Å². The van der Waals surface area contributed by atoms with Crippen LogP contribution in [-0.2, 0) is 12.8 Å². The van der Waals surface area contributed by atoms with Crippen LogP contribution in [0.25, 0.3) is 12.2 Å². The van der Waals surface area contributed by atoms with Crippen LogP contribution in [-0.4, -0.2) is 0 Å². The molecule has 0 unspecified atom stereocenters. The van der Waals surface area contributed by atoms with Gasteiger partial charge in [0.2, 0.25) is 0 Å². The number of aryl methyl sites for hydroxylation is 2. The van der Waals surface area contributed by atoms with Crippen LogP contribution < -0.4 is 0 Å². The fourth-order valence-corrected chi connectivity index (χ4v) is 2.91. The Balaban J connectivity index is 1.69. The van der Waals surface area contributed by atoms with Gasteiger partial charge in [0.05, 0.1) is 0 Å². The van der Waals surface area contributed by atoms with E-state index in [9.17, 15) is 0 Å². The predicted octanol–water partition coefficient (Wildman–Crippen LogP) is 6.32. The monoisotopic (exact) mass is 290 g/mol. The predicted molar refractivity (Wildman–Crippen MR) is 98.9 cm³/mol. The highest BCUT2D eigenvalue weighted by atomic mass is 14.1. The molecule has 0 aliphatic heterocycles. The van der Waals surface area contributed by atoms with Crippen molar-refractivity contribution in [1.29, 1.82) is 0 Å². The first kappa shape index (κ1) is 16.3. The van der Waals surface area contributed by atoms with Gasteiger partial charge in [0.25, 0.3) is 0 Å². The lowest BCUT2D eigenvalue weighted by atomic mass is 9.98. The fraction of sp³-hybridized carbons (Fsp3) is 0.273. The molecular formula is C22H26. The summed E-state index contributed by atoms with van der Waals surface area (Å²) in [4.78, 5) is 0. The first-order valence-electron chi connectivity index (χ1n) is 8.26. The Morgan fingerprint density at radius 3 is 1.41 bits per heavy atom. The smallest absolute Gasteiger partial charge is 0.0230 e. The summed E-state index contributed by atoms with van der Waals surface area (Å²) >= 11 is 0. The van der Waals surface area contributed by atoms with Crippen LogP contribution in [0.2, 0.25) is 0 Å². The second-order valence-electron chi connectivity index (χ2n) is 5.72. The van der Waals surface area contributed by atoms with Crippen LogP contribution in [0.15, 0.2) is 61.7 Å². The third kappa shape index (κ3) is 4.73. The second-order valence-corrected chi connectivity index (χ2v) is 5.72. The number of rotatable bonds is 9. The zero-order valence-electron chi connectivity index (χ0n) is 13.4. The van der Waals surface area contributed by atoms with Crippen molar-refractivity contribution in [2.75, 3.05) is 0 Å². The van der Waals surface area contributed by atoms with E-state index in [-0.39, 0.29) is 0 Å². The molecule has 0 nitrogen and oxygen atoms in total. The summed E-state index contributed by atoms with van der Waals surface area (Å²) in [6.45, 7) is 7.78. The van der Waals surface area contributed by atoms with E-state index in [1.165, 1.54) is 47.9 Å². The zero-order chi connectivity index (χ0) is 15.6. The SMILES string of the molecule is C=Cc1ccccc1CCCCCCc1ccccc1C=C. The van der Waals surface area contributed by atoms with E-state index in [4.69, 9.17) is 0 Å². The van der Waals surface area contributed by atoms with Crippen molar-refractivity contribution in [2.24, 2.45) is 0 Å². The highest BCUT2D eigenvalue weighted by Gasteiger charge is 2.00. The molecule has 0 aromatic heterocycles. The van der Waals surface area contributed by atoms with Gasteiger partial charge in [-0.2, -0.15) is 0 Å². The van der Waals surface area contributed by atoms with Crippen molar-refractivity contribution in [1.82, 2.24) is 0 Å². The summed E-state index contributed by atoms with van der Waals surface area (Å²) in [5.74, 6) is 0. The van der Waals surface area contributed by atoms with E-state index >= 15 is 0 Å². The van der Waals surface area contributed by atoms with Gasteiger partial charge in [-0.25, -0.2) is 0 Å². The molecule has 114 valence electrons. The maximum Gasteiger partial charge on any atom is -0.0230 e. The Hall–Kier alpha value is -2.08. The lowest BCUT2D eigenvalue weighted by molar-refractivity contribution is 0.640. The average molecular weight is 290 g/mol. The summed E-state index contributed by atoms with van der Waals surface area (Å²) in [6.07, 6.45) is 11.3. The normalized spacial score (nSPS) is 10.4. The van der Waals surface area contributed by atoms with Crippen molar-refractivity contribution >= 4 is 12.2 Å². The summed E-state index contributed by atoms with van der Waals surface area (Å²) in [5.41, 5.74) is 5.41. The minimum absolute atomic E-state index is 1.16. The second kappa shape index (κ2) is 9.04. The maximum atomic E-state index is 3.89. The van der Waals surface area contributed by atoms with E-state index in [1.807, 2.05) is 12.2 Å². The Morgan fingerprint density at radius 1 is 0.591 bits per heavy atom. The summed E-state index contributed by atoms with van der Waals surface area (Å²) in [5, 5.41) is 0. The zero-order valence-corrected chi connectivity index (χ0v) is 13.4. The van der Waals surface area contributed by atoms with Gasteiger partial charge in [-0.1, -0.05) is 86.7 Å². The molecule has 0 aliphatic carbocycles. The molecular weight excluding hydrogens is 264 g/mol. The Kier molecular flexibility index (Phi) is 6.70.